The molecule has 3 aromatic rings. The molecular formula is C27H22Cl2N4O3S. The molecule has 1 saturated heterocycles. The smallest absolute Gasteiger partial charge is 0.328 e. The van der Waals surface area contributed by atoms with E-state index >= 15 is 0 Å². The van der Waals surface area contributed by atoms with E-state index in [1.54, 1.807) is 48.5 Å². The van der Waals surface area contributed by atoms with E-state index in [1.165, 1.54) is 11.8 Å². The van der Waals surface area contributed by atoms with E-state index in [4.69, 9.17) is 28.2 Å². The molecule has 188 valence electrons. The standard InChI is InChI=1S/C27H22Cl2N4O3S/c1-15-4-2-3-5-18(15)14-37-26-30-21(16-6-10-19(28)11-7-16)27(23(34)32-25(36)33-24(27)35)22(31-26)17-8-12-20(29)13-9-17/h2-13,21-22H,14H2,1H3,(H,30,31)(H2,32,33,34,35,36). The van der Waals surface area contributed by atoms with Gasteiger partial charge in [0.2, 0.25) is 11.8 Å². The van der Waals surface area contributed by atoms with Crippen LogP contribution in [-0.2, 0) is 15.3 Å². The quantitative estimate of drug-likeness (QED) is 0.380. The third-order valence-corrected chi connectivity index (χ3v) is 8.08. The monoisotopic (exact) mass is 552 g/mol. The first kappa shape index (κ1) is 25.3. The molecule has 2 unspecified atom stereocenters. The lowest BCUT2D eigenvalue weighted by molar-refractivity contribution is -0.149. The second-order valence-electron chi connectivity index (χ2n) is 8.84. The maximum atomic E-state index is 13.7. The van der Waals surface area contributed by atoms with Crippen LogP contribution in [0.15, 0.2) is 77.8 Å². The van der Waals surface area contributed by atoms with Gasteiger partial charge in [0.25, 0.3) is 0 Å². The number of imide groups is 2. The summed E-state index contributed by atoms with van der Waals surface area (Å²) in [6.07, 6.45) is 0. The van der Waals surface area contributed by atoms with E-state index in [-0.39, 0.29) is 0 Å². The van der Waals surface area contributed by atoms with Crippen LogP contribution in [0.3, 0.4) is 0 Å². The van der Waals surface area contributed by atoms with Crippen LogP contribution in [0.5, 0.6) is 0 Å². The molecule has 2 atom stereocenters. The predicted octanol–water partition coefficient (Wildman–Crippen LogP) is 5.33. The van der Waals surface area contributed by atoms with Gasteiger partial charge in [-0.1, -0.05) is 83.5 Å². The highest BCUT2D eigenvalue weighted by Gasteiger charge is 2.63. The van der Waals surface area contributed by atoms with Gasteiger partial charge in [0.1, 0.15) is 6.04 Å². The van der Waals surface area contributed by atoms with E-state index < -0.39 is 35.3 Å². The van der Waals surface area contributed by atoms with E-state index in [1.807, 2.05) is 31.2 Å². The average molecular weight is 553 g/mol. The Bertz CT molecular complexity index is 1390. The van der Waals surface area contributed by atoms with Crippen molar-refractivity contribution >= 4 is 58.0 Å². The number of aryl methyl sites for hydroxylation is 1. The van der Waals surface area contributed by atoms with Crippen molar-refractivity contribution in [2.45, 2.75) is 24.8 Å². The lowest BCUT2D eigenvalue weighted by Crippen LogP contribution is -2.69. The number of benzene rings is 3. The van der Waals surface area contributed by atoms with Gasteiger partial charge in [0.15, 0.2) is 10.6 Å². The van der Waals surface area contributed by atoms with Gasteiger partial charge in [-0.15, -0.1) is 0 Å². The summed E-state index contributed by atoms with van der Waals surface area (Å²) in [5, 5.41) is 9.51. The number of carbonyl (C=O) groups is 3. The lowest BCUT2D eigenvalue weighted by Gasteiger charge is -2.47. The summed E-state index contributed by atoms with van der Waals surface area (Å²) < 4.78 is 0. The van der Waals surface area contributed by atoms with Gasteiger partial charge in [-0.2, -0.15) is 0 Å². The van der Waals surface area contributed by atoms with Crippen LogP contribution >= 0.6 is 35.0 Å². The highest BCUT2D eigenvalue weighted by molar-refractivity contribution is 8.13. The minimum atomic E-state index is -1.80. The number of hydrogen-bond donors (Lipinski definition) is 3. The van der Waals surface area contributed by atoms with Gasteiger partial charge in [-0.25, -0.2) is 4.79 Å². The molecule has 3 aromatic carbocycles. The summed E-state index contributed by atoms with van der Waals surface area (Å²) in [4.78, 5) is 44.3. The fourth-order valence-corrected chi connectivity index (χ4v) is 5.94. The number of thioether (sulfide) groups is 1. The van der Waals surface area contributed by atoms with E-state index in [2.05, 4.69) is 16.0 Å². The minimum Gasteiger partial charge on any atom is -0.356 e. The summed E-state index contributed by atoms with van der Waals surface area (Å²) in [7, 11) is 0. The molecular weight excluding hydrogens is 531 g/mol. The van der Waals surface area contributed by atoms with Gasteiger partial charge in [0.05, 0.1) is 6.04 Å². The van der Waals surface area contributed by atoms with Crippen LogP contribution in [0.2, 0.25) is 10.0 Å². The molecule has 10 heteroatoms. The van der Waals surface area contributed by atoms with Gasteiger partial charge in [0, 0.05) is 15.8 Å². The van der Waals surface area contributed by atoms with Crippen molar-refractivity contribution in [1.29, 1.82) is 0 Å². The molecule has 37 heavy (non-hydrogen) atoms. The third kappa shape index (κ3) is 4.72. The summed E-state index contributed by atoms with van der Waals surface area (Å²) in [5.41, 5.74) is 1.74. The fourth-order valence-electron chi connectivity index (χ4n) is 4.69. The Morgan fingerprint density at radius 2 is 1.41 bits per heavy atom. The van der Waals surface area contributed by atoms with Crippen LogP contribution in [-0.4, -0.2) is 23.0 Å². The van der Waals surface area contributed by atoms with Crippen molar-refractivity contribution in [3.05, 3.63) is 105 Å². The number of rotatable bonds is 4. The maximum absolute atomic E-state index is 13.7. The molecule has 2 aliphatic heterocycles. The van der Waals surface area contributed by atoms with Crippen LogP contribution in [0.4, 0.5) is 4.79 Å². The zero-order valence-electron chi connectivity index (χ0n) is 19.6. The average Bonchev–Trinajstić information content (AvgIpc) is 2.87. The zero-order valence-corrected chi connectivity index (χ0v) is 22.0. The molecule has 0 saturated carbocycles. The first-order valence-electron chi connectivity index (χ1n) is 11.5. The summed E-state index contributed by atoms with van der Waals surface area (Å²) in [6.45, 7) is 2.04. The number of halogens is 2. The number of urea groups is 1. The van der Waals surface area contributed by atoms with Crippen LogP contribution < -0.4 is 16.0 Å². The molecule has 0 bridgehead atoms. The molecule has 1 spiro atoms. The molecule has 0 aliphatic carbocycles. The van der Waals surface area contributed by atoms with Crippen molar-refractivity contribution < 1.29 is 14.4 Å². The molecule has 2 aliphatic rings. The minimum absolute atomic E-state index is 0.506. The number of nitrogens with one attached hydrogen (secondary N) is 3. The normalized spacial score (nSPS) is 20.6. The van der Waals surface area contributed by atoms with Crippen molar-refractivity contribution in [3.8, 4) is 0 Å². The topological polar surface area (TPSA) is 99.7 Å². The first-order valence-corrected chi connectivity index (χ1v) is 13.2. The number of nitrogens with zero attached hydrogens (tertiary/aromatic N) is 1. The number of hydrogen-bond acceptors (Lipinski definition) is 6. The number of amides is 4. The molecule has 3 N–H and O–H groups in total. The van der Waals surface area contributed by atoms with Crippen molar-refractivity contribution in [2.24, 2.45) is 10.4 Å². The molecule has 0 radical (unpaired) electrons. The molecule has 2 heterocycles. The number of aliphatic imine (C=N–C) groups is 1. The Hall–Kier alpha value is -3.33. The van der Waals surface area contributed by atoms with E-state index in [0.717, 1.165) is 11.1 Å². The van der Waals surface area contributed by atoms with Crippen molar-refractivity contribution in [2.75, 3.05) is 0 Å². The van der Waals surface area contributed by atoms with E-state index in [0.29, 0.717) is 32.1 Å². The Kier molecular flexibility index (Phi) is 6.98. The highest BCUT2D eigenvalue weighted by Crippen LogP contribution is 2.51. The summed E-state index contributed by atoms with van der Waals surface area (Å²) >= 11 is 13.8. The van der Waals surface area contributed by atoms with Gasteiger partial charge in [-0.3, -0.25) is 25.2 Å². The molecule has 5 rings (SSSR count). The molecule has 0 aromatic heterocycles. The van der Waals surface area contributed by atoms with E-state index in [9.17, 15) is 14.4 Å². The fraction of sp³-hybridized carbons (Fsp3) is 0.185. The Balaban J connectivity index is 1.66. The lowest BCUT2D eigenvalue weighted by atomic mass is 9.66. The van der Waals surface area contributed by atoms with Crippen LogP contribution in [0.1, 0.15) is 34.3 Å². The molecule has 4 amide bonds. The Morgan fingerprint density at radius 3 is 2.00 bits per heavy atom. The Labute approximate surface area is 228 Å². The zero-order chi connectivity index (χ0) is 26.2. The predicted molar refractivity (Wildman–Crippen MR) is 146 cm³/mol. The molecule has 7 nitrogen and oxygen atoms in total. The summed E-state index contributed by atoms with van der Waals surface area (Å²) in [6, 6.07) is 19.1. The highest BCUT2D eigenvalue weighted by atomic mass is 35.5. The van der Waals surface area contributed by atoms with Gasteiger partial charge >= 0.3 is 6.03 Å². The van der Waals surface area contributed by atoms with Crippen LogP contribution in [0, 0.1) is 12.3 Å². The second kappa shape index (κ2) is 10.2. The largest absolute Gasteiger partial charge is 0.356 e. The maximum Gasteiger partial charge on any atom is 0.328 e. The SMILES string of the molecule is Cc1ccccc1CSC1=NC(c2ccc(Cl)cc2)C2(C(=O)NC(=O)NC2=O)C(c2ccc(Cl)cc2)N1. The first-order chi connectivity index (χ1) is 17.8. The van der Waals surface area contributed by atoms with Gasteiger partial charge in [-0.05, 0) is 53.4 Å². The Morgan fingerprint density at radius 1 is 0.838 bits per heavy atom. The molecule has 1 fully saturated rings. The van der Waals surface area contributed by atoms with Crippen LogP contribution in [0.25, 0.3) is 0 Å². The van der Waals surface area contributed by atoms with Crippen molar-refractivity contribution in [3.63, 3.8) is 0 Å². The number of barbiturate groups is 1. The van der Waals surface area contributed by atoms with Gasteiger partial charge < -0.3 is 5.32 Å². The number of amidine groups is 1. The van der Waals surface area contributed by atoms with Crippen molar-refractivity contribution in [1.82, 2.24) is 16.0 Å². The summed E-state index contributed by atoms with van der Waals surface area (Å²) in [5.74, 6) is -0.844. The number of carbonyl (C=O) groups excluding carboxylic acids is 3. The second-order valence-corrected chi connectivity index (χ2v) is 10.7. The third-order valence-electron chi connectivity index (χ3n) is 6.62.